The SMILES string of the molecule is CCNCc1cc(OC)c2c(c1OC)CCN(C(=O)OCC)C2CC. The lowest BCUT2D eigenvalue weighted by Crippen LogP contribution is -2.40. The largest absolute Gasteiger partial charge is 0.496 e. The zero-order valence-electron chi connectivity index (χ0n) is 16.0. The van der Waals surface area contributed by atoms with Crippen molar-refractivity contribution in [1.29, 1.82) is 0 Å². The Morgan fingerprint density at radius 1 is 1.28 bits per heavy atom. The predicted molar refractivity (Wildman–Crippen MR) is 97.4 cm³/mol. The van der Waals surface area contributed by atoms with Crippen molar-refractivity contribution in [3.63, 3.8) is 0 Å². The number of amides is 1. The number of carbonyl (C=O) groups excluding carboxylic acids is 1. The lowest BCUT2D eigenvalue weighted by molar-refractivity contribution is 0.0845. The van der Waals surface area contributed by atoms with Gasteiger partial charge in [-0.2, -0.15) is 0 Å². The molecule has 1 atom stereocenters. The van der Waals surface area contributed by atoms with Crippen molar-refractivity contribution in [2.45, 2.75) is 46.2 Å². The molecule has 1 aromatic carbocycles. The van der Waals surface area contributed by atoms with Gasteiger partial charge in [0.05, 0.1) is 26.9 Å². The molecule has 140 valence electrons. The number of hydrogen-bond donors (Lipinski definition) is 1. The molecule has 0 spiro atoms. The Kier molecular flexibility index (Phi) is 6.93. The second-order valence-corrected chi connectivity index (χ2v) is 6.01. The lowest BCUT2D eigenvalue weighted by atomic mass is 9.87. The molecular weight excluding hydrogens is 320 g/mol. The third kappa shape index (κ3) is 3.84. The summed E-state index contributed by atoms with van der Waals surface area (Å²) in [6.07, 6.45) is 1.25. The van der Waals surface area contributed by atoms with Crippen LogP contribution in [0.4, 0.5) is 4.79 Å². The van der Waals surface area contributed by atoms with E-state index in [-0.39, 0.29) is 12.1 Å². The van der Waals surface area contributed by atoms with E-state index >= 15 is 0 Å². The van der Waals surface area contributed by atoms with Crippen LogP contribution in [-0.2, 0) is 17.7 Å². The van der Waals surface area contributed by atoms with Crippen LogP contribution < -0.4 is 14.8 Å². The quantitative estimate of drug-likeness (QED) is 0.818. The number of carbonyl (C=O) groups is 1. The van der Waals surface area contributed by atoms with E-state index in [0.717, 1.165) is 54.1 Å². The summed E-state index contributed by atoms with van der Waals surface area (Å²) in [6.45, 7) is 8.58. The fraction of sp³-hybridized carbons (Fsp3) is 0.632. The highest BCUT2D eigenvalue weighted by Gasteiger charge is 2.35. The van der Waals surface area contributed by atoms with Crippen molar-refractivity contribution < 1.29 is 19.0 Å². The summed E-state index contributed by atoms with van der Waals surface area (Å²) >= 11 is 0. The number of benzene rings is 1. The Balaban J connectivity index is 2.52. The minimum absolute atomic E-state index is 0.0696. The minimum atomic E-state index is -0.266. The van der Waals surface area contributed by atoms with Crippen molar-refractivity contribution >= 4 is 6.09 Å². The molecule has 1 aliphatic rings. The second-order valence-electron chi connectivity index (χ2n) is 6.01. The number of nitrogens with zero attached hydrogens (tertiary/aromatic N) is 1. The Labute approximate surface area is 150 Å². The molecule has 6 nitrogen and oxygen atoms in total. The van der Waals surface area contributed by atoms with E-state index in [1.54, 1.807) is 19.1 Å². The van der Waals surface area contributed by atoms with Crippen molar-refractivity contribution in [3.05, 3.63) is 22.8 Å². The number of ether oxygens (including phenoxy) is 3. The molecule has 2 rings (SSSR count). The van der Waals surface area contributed by atoms with E-state index < -0.39 is 0 Å². The minimum Gasteiger partial charge on any atom is -0.496 e. The summed E-state index contributed by atoms with van der Waals surface area (Å²) in [5.74, 6) is 1.71. The lowest BCUT2D eigenvalue weighted by Gasteiger charge is -2.38. The molecule has 1 N–H and O–H groups in total. The maximum Gasteiger partial charge on any atom is 0.410 e. The molecular formula is C19H30N2O4. The van der Waals surface area contributed by atoms with Crippen LogP contribution in [0.2, 0.25) is 0 Å². The molecule has 1 aromatic rings. The molecule has 25 heavy (non-hydrogen) atoms. The van der Waals surface area contributed by atoms with E-state index in [1.807, 2.05) is 13.0 Å². The molecule has 0 fully saturated rings. The van der Waals surface area contributed by atoms with Gasteiger partial charge in [-0.1, -0.05) is 13.8 Å². The van der Waals surface area contributed by atoms with E-state index in [2.05, 4.69) is 19.2 Å². The fourth-order valence-electron chi connectivity index (χ4n) is 3.59. The van der Waals surface area contributed by atoms with Crippen molar-refractivity contribution in [1.82, 2.24) is 10.2 Å². The highest BCUT2D eigenvalue weighted by Crippen LogP contribution is 2.44. The molecule has 0 aromatic heterocycles. The summed E-state index contributed by atoms with van der Waals surface area (Å²) in [6, 6.07) is 1.96. The monoisotopic (exact) mass is 350 g/mol. The van der Waals surface area contributed by atoms with Crippen LogP contribution in [0.15, 0.2) is 6.07 Å². The maximum atomic E-state index is 12.4. The first-order chi connectivity index (χ1) is 12.1. The van der Waals surface area contributed by atoms with Crippen LogP contribution in [0.1, 0.15) is 49.9 Å². The Morgan fingerprint density at radius 2 is 2.04 bits per heavy atom. The van der Waals surface area contributed by atoms with Crippen LogP contribution in [0.3, 0.4) is 0 Å². The first kappa shape index (κ1) is 19.4. The third-order valence-electron chi connectivity index (χ3n) is 4.65. The average molecular weight is 350 g/mol. The Hall–Kier alpha value is -1.95. The van der Waals surface area contributed by atoms with Gasteiger partial charge in [-0.15, -0.1) is 0 Å². The number of fused-ring (bicyclic) bond motifs is 1. The Morgan fingerprint density at radius 3 is 2.60 bits per heavy atom. The zero-order valence-corrected chi connectivity index (χ0v) is 16.0. The zero-order chi connectivity index (χ0) is 18.4. The molecule has 0 bridgehead atoms. The van der Waals surface area contributed by atoms with E-state index in [9.17, 15) is 4.79 Å². The number of methoxy groups -OCH3 is 2. The molecule has 1 heterocycles. The molecule has 6 heteroatoms. The topological polar surface area (TPSA) is 60.0 Å². The van der Waals surface area contributed by atoms with Gasteiger partial charge in [0.2, 0.25) is 0 Å². The maximum absolute atomic E-state index is 12.4. The molecule has 0 aliphatic carbocycles. The molecule has 0 saturated carbocycles. The van der Waals surface area contributed by atoms with Crippen molar-refractivity contribution in [2.75, 3.05) is 33.9 Å². The normalized spacial score (nSPS) is 16.4. The smallest absolute Gasteiger partial charge is 0.410 e. The van der Waals surface area contributed by atoms with Gasteiger partial charge in [0.1, 0.15) is 11.5 Å². The second kappa shape index (κ2) is 8.94. The van der Waals surface area contributed by atoms with Gasteiger partial charge in [-0.3, -0.25) is 0 Å². The molecule has 1 amide bonds. The number of hydrogen-bond acceptors (Lipinski definition) is 5. The molecule has 1 unspecified atom stereocenters. The van der Waals surface area contributed by atoms with E-state index in [4.69, 9.17) is 14.2 Å². The predicted octanol–water partition coefficient (Wildman–Crippen LogP) is 3.28. The van der Waals surface area contributed by atoms with Gasteiger partial charge in [0.15, 0.2) is 0 Å². The van der Waals surface area contributed by atoms with Crippen molar-refractivity contribution in [3.8, 4) is 11.5 Å². The fourth-order valence-corrected chi connectivity index (χ4v) is 3.59. The molecule has 0 radical (unpaired) electrons. The van der Waals surface area contributed by atoms with Gasteiger partial charge in [0, 0.05) is 29.8 Å². The Bertz CT molecular complexity index is 604. The summed E-state index contributed by atoms with van der Waals surface area (Å²) in [5, 5.41) is 3.35. The van der Waals surface area contributed by atoms with Gasteiger partial charge < -0.3 is 24.4 Å². The highest BCUT2D eigenvalue weighted by molar-refractivity contribution is 5.70. The molecule has 1 aliphatic heterocycles. The van der Waals surface area contributed by atoms with Gasteiger partial charge in [-0.05, 0) is 32.4 Å². The summed E-state index contributed by atoms with van der Waals surface area (Å²) in [7, 11) is 3.38. The van der Waals surface area contributed by atoms with Crippen LogP contribution >= 0.6 is 0 Å². The van der Waals surface area contributed by atoms with E-state index in [1.165, 1.54) is 0 Å². The third-order valence-corrected chi connectivity index (χ3v) is 4.65. The number of rotatable bonds is 7. The van der Waals surface area contributed by atoms with Crippen LogP contribution in [0.25, 0.3) is 0 Å². The van der Waals surface area contributed by atoms with Crippen molar-refractivity contribution in [2.24, 2.45) is 0 Å². The molecule has 0 saturated heterocycles. The van der Waals surface area contributed by atoms with Gasteiger partial charge >= 0.3 is 6.09 Å². The summed E-state index contributed by atoms with van der Waals surface area (Å²) in [4.78, 5) is 14.2. The van der Waals surface area contributed by atoms with Gasteiger partial charge in [-0.25, -0.2) is 4.79 Å². The standard InChI is InChI=1S/C19H30N2O4/c1-6-15-17-14(9-10-21(15)19(22)25-8-3)18(24-5)13(12-20-7-2)11-16(17)23-4/h11,15,20H,6-10,12H2,1-5H3. The summed E-state index contributed by atoms with van der Waals surface area (Å²) < 4.78 is 16.7. The average Bonchev–Trinajstić information content (AvgIpc) is 2.64. The number of nitrogens with one attached hydrogen (secondary N) is 1. The van der Waals surface area contributed by atoms with Crippen LogP contribution in [-0.4, -0.2) is 44.9 Å². The van der Waals surface area contributed by atoms with Crippen LogP contribution in [0.5, 0.6) is 11.5 Å². The summed E-state index contributed by atoms with van der Waals surface area (Å²) in [5.41, 5.74) is 3.27. The van der Waals surface area contributed by atoms with Gasteiger partial charge in [0.25, 0.3) is 0 Å². The first-order valence-corrected chi connectivity index (χ1v) is 9.03. The van der Waals surface area contributed by atoms with E-state index in [0.29, 0.717) is 13.2 Å². The highest BCUT2D eigenvalue weighted by atomic mass is 16.6. The van der Waals surface area contributed by atoms with Crippen LogP contribution in [0, 0.1) is 0 Å². The first-order valence-electron chi connectivity index (χ1n) is 9.03.